The van der Waals surface area contributed by atoms with Crippen LogP contribution in [0.1, 0.15) is 42.1 Å². The number of nitrogens with zero attached hydrogens (tertiary/aromatic N) is 2. The summed E-state index contributed by atoms with van der Waals surface area (Å²) in [5.41, 5.74) is 1.09. The van der Waals surface area contributed by atoms with Gasteiger partial charge in [0.05, 0.1) is 11.3 Å². The molecule has 0 unspecified atom stereocenters. The van der Waals surface area contributed by atoms with Gasteiger partial charge in [-0.15, -0.1) is 0 Å². The highest BCUT2D eigenvalue weighted by atomic mass is 32.2. The minimum Gasteiger partial charge on any atom is -0.452 e. The smallest absolute Gasteiger partial charge is 0.341 e. The number of esters is 1. The van der Waals surface area contributed by atoms with Crippen molar-refractivity contribution >= 4 is 23.6 Å². The second-order valence-corrected chi connectivity index (χ2v) is 6.49. The van der Waals surface area contributed by atoms with Crippen molar-refractivity contribution in [3.63, 3.8) is 0 Å². The second kappa shape index (κ2) is 9.22. The summed E-state index contributed by atoms with van der Waals surface area (Å²) in [6.45, 7) is 5.35. The summed E-state index contributed by atoms with van der Waals surface area (Å²) >= 11 is 1.36. The Morgan fingerprint density at radius 3 is 2.92 bits per heavy atom. The van der Waals surface area contributed by atoms with Crippen LogP contribution in [-0.2, 0) is 15.3 Å². The number of aryl methyl sites for hydroxylation is 1. The third kappa shape index (κ3) is 5.90. The Bertz CT molecular complexity index is 732. The molecule has 2 aromatic rings. The summed E-state index contributed by atoms with van der Waals surface area (Å²) in [5, 5.41) is 7.18. The van der Waals surface area contributed by atoms with E-state index in [4.69, 9.17) is 9.26 Å². The minimum absolute atomic E-state index is 0.0432. The lowest BCUT2D eigenvalue weighted by Gasteiger charge is -2.12. The van der Waals surface area contributed by atoms with Crippen LogP contribution in [0.5, 0.6) is 0 Å². The number of nitrogens with one attached hydrogen (secondary N) is 1. The van der Waals surface area contributed by atoms with Crippen molar-refractivity contribution in [2.24, 2.45) is 0 Å². The van der Waals surface area contributed by atoms with E-state index in [0.717, 1.165) is 17.9 Å². The summed E-state index contributed by atoms with van der Waals surface area (Å²) < 4.78 is 10.1. The lowest BCUT2D eigenvalue weighted by Crippen LogP contribution is -2.35. The number of hydrogen-bond acceptors (Lipinski definition) is 7. The Morgan fingerprint density at radius 2 is 2.24 bits per heavy atom. The van der Waals surface area contributed by atoms with Gasteiger partial charge in [0.2, 0.25) is 0 Å². The molecule has 0 bridgehead atoms. The van der Waals surface area contributed by atoms with Crippen molar-refractivity contribution in [3.8, 4) is 0 Å². The number of amides is 1. The first-order chi connectivity index (χ1) is 12.0. The zero-order chi connectivity index (χ0) is 18.2. The first kappa shape index (κ1) is 19.0. The predicted octanol–water partition coefficient (Wildman–Crippen LogP) is 2.74. The van der Waals surface area contributed by atoms with Gasteiger partial charge in [0, 0.05) is 24.1 Å². The number of rotatable bonds is 8. The molecule has 2 aromatic heterocycles. The third-order valence-corrected chi connectivity index (χ3v) is 4.42. The fourth-order valence-electron chi connectivity index (χ4n) is 1.92. The SMILES string of the molecule is CC[C@@H](C)NC(=O)COC(=O)c1cccnc1SCc1cc(C)on1. The van der Waals surface area contributed by atoms with Gasteiger partial charge in [0.1, 0.15) is 10.8 Å². The summed E-state index contributed by atoms with van der Waals surface area (Å²) in [4.78, 5) is 28.2. The van der Waals surface area contributed by atoms with Gasteiger partial charge in [-0.25, -0.2) is 9.78 Å². The Hall–Kier alpha value is -2.35. The van der Waals surface area contributed by atoms with Gasteiger partial charge in [-0.05, 0) is 32.4 Å². The number of carbonyl (C=O) groups excluding carboxylic acids is 2. The van der Waals surface area contributed by atoms with Crippen LogP contribution >= 0.6 is 11.8 Å². The van der Waals surface area contributed by atoms with Crippen molar-refractivity contribution in [3.05, 3.63) is 41.4 Å². The van der Waals surface area contributed by atoms with Crippen LogP contribution in [0.4, 0.5) is 0 Å². The minimum atomic E-state index is -0.578. The molecule has 134 valence electrons. The molecule has 1 atom stereocenters. The second-order valence-electron chi connectivity index (χ2n) is 5.53. The molecule has 0 spiro atoms. The van der Waals surface area contributed by atoms with Gasteiger partial charge < -0.3 is 14.6 Å². The standard InChI is InChI=1S/C17H21N3O4S/c1-4-11(2)19-15(21)9-23-17(22)14-6-5-7-18-16(14)25-10-13-8-12(3)24-20-13/h5-8,11H,4,9-10H2,1-3H3,(H,19,21)/t11-/m1/s1. The Labute approximate surface area is 150 Å². The molecule has 8 heteroatoms. The Kier molecular flexibility index (Phi) is 7.00. The van der Waals surface area contributed by atoms with E-state index in [-0.39, 0.29) is 18.6 Å². The van der Waals surface area contributed by atoms with E-state index in [1.165, 1.54) is 11.8 Å². The van der Waals surface area contributed by atoms with Crippen LogP contribution in [0.2, 0.25) is 0 Å². The molecule has 7 nitrogen and oxygen atoms in total. The molecule has 0 radical (unpaired) electrons. The van der Waals surface area contributed by atoms with Crippen molar-refractivity contribution < 1.29 is 18.8 Å². The molecule has 0 aliphatic carbocycles. The third-order valence-electron chi connectivity index (χ3n) is 3.38. The lowest BCUT2D eigenvalue weighted by molar-refractivity contribution is -0.124. The zero-order valence-corrected chi connectivity index (χ0v) is 15.3. The highest BCUT2D eigenvalue weighted by molar-refractivity contribution is 7.98. The van der Waals surface area contributed by atoms with Crippen molar-refractivity contribution in [2.45, 2.75) is 44.0 Å². The van der Waals surface area contributed by atoms with Crippen molar-refractivity contribution in [1.82, 2.24) is 15.5 Å². The first-order valence-electron chi connectivity index (χ1n) is 7.96. The zero-order valence-electron chi connectivity index (χ0n) is 14.4. The molecule has 1 amide bonds. The maximum absolute atomic E-state index is 12.3. The van der Waals surface area contributed by atoms with Crippen LogP contribution in [-0.4, -0.2) is 34.7 Å². The Balaban J connectivity index is 1.94. The summed E-state index contributed by atoms with van der Waals surface area (Å²) in [7, 11) is 0. The molecule has 0 saturated heterocycles. The highest BCUT2D eigenvalue weighted by Gasteiger charge is 2.17. The molecule has 0 aliphatic rings. The monoisotopic (exact) mass is 363 g/mol. The van der Waals surface area contributed by atoms with E-state index in [2.05, 4.69) is 15.5 Å². The van der Waals surface area contributed by atoms with Crippen LogP contribution in [0, 0.1) is 6.92 Å². The van der Waals surface area contributed by atoms with Gasteiger partial charge in [0.25, 0.3) is 5.91 Å². The largest absolute Gasteiger partial charge is 0.452 e. The lowest BCUT2D eigenvalue weighted by atomic mass is 10.2. The molecule has 2 heterocycles. The van der Waals surface area contributed by atoms with E-state index in [0.29, 0.717) is 16.3 Å². The topological polar surface area (TPSA) is 94.3 Å². The number of aromatic nitrogens is 2. The van der Waals surface area contributed by atoms with E-state index in [1.807, 2.05) is 26.8 Å². The number of thioether (sulfide) groups is 1. The van der Waals surface area contributed by atoms with Gasteiger partial charge in [-0.3, -0.25) is 4.79 Å². The van der Waals surface area contributed by atoms with Gasteiger partial charge in [-0.2, -0.15) is 0 Å². The molecule has 0 saturated carbocycles. The molecule has 2 rings (SSSR count). The molecule has 25 heavy (non-hydrogen) atoms. The fourth-order valence-corrected chi connectivity index (χ4v) is 2.78. The number of carbonyl (C=O) groups is 2. The highest BCUT2D eigenvalue weighted by Crippen LogP contribution is 2.24. The Morgan fingerprint density at radius 1 is 1.44 bits per heavy atom. The predicted molar refractivity (Wildman–Crippen MR) is 93.2 cm³/mol. The summed E-state index contributed by atoms with van der Waals surface area (Å²) in [6.07, 6.45) is 2.41. The molecule has 0 aromatic carbocycles. The quantitative estimate of drug-likeness (QED) is 0.569. The number of hydrogen-bond donors (Lipinski definition) is 1. The molecule has 1 N–H and O–H groups in total. The molecule has 0 aliphatic heterocycles. The van der Waals surface area contributed by atoms with E-state index < -0.39 is 5.97 Å². The summed E-state index contributed by atoms with van der Waals surface area (Å²) in [5.74, 6) is 0.344. The van der Waals surface area contributed by atoms with Crippen LogP contribution in [0.3, 0.4) is 0 Å². The molecular weight excluding hydrogens is 342 g/mol. The van der Waals surface area contributed by atoms with E-state index in [1.54, 1.807) is 18.3 Å². The van der Waals surface area contributed by atoms with Gasteiger partial charge in [-0.1, -0.05) is 23.8 Å². The van der Waals surface area contributed by atoms with Gasteiger partial charge >= 0.3 is 5.97 Å². The van der Waals surface area contributed by atoms with Gasteiger partial charge in [0.15, 0.2) is 6.61 Å². The van der Waals surface area contributed by atoms with E-state index >= 15 is 0 Å². The summed E-state index contributed by atoms with van der Waals surface area (Å²) in [6, 6.07) is 5.15. The first-order valence-corrected chi connectivity index (χ1v) is 8.94. The fraction of sp³-hybridized carbons (Fsp3) is 0.412. The molecule has 0 fully saturated rings. The molecular formula is C17H21N3O4S. The van der Waals surface area contributed by atoms with Crippen LogP contribution < -0.4 is 5.32 Å². The average molecular weight is 363 g/mol. The van der Waals surface area contributed by atoms with Crippen LogP contribution in [0.15, 0.2) is 33.9 Å². The van der Waals surface area contributed by atoms with Crippen LogP contribution in [0.25, 0.3) is 0 Å². The van der Waals surface area contributed by atoms with Crippen molar-refractivity contribution in [2.75, 3.05) is 6.61 Å². The average Bonchev–Trinajstić information content (AvgIpc) is 3.03. The normalized spacial score (nSPS) is 11.8. The number of pyridine rings is 1. The van der Waals surface area contributed by atoms with Crippen molar-refractivity contribution in [1.29, 1.82) is 0 Å². The maximum Gasteiger partial charge on any atom is 0.341 e. The number of ether oxygens (including phenoxy) is 1. The van der Waals surface area contributed by atoms with E-state index in [9.17, 15) is 9.59 Å². The maximum atomic E-state index is 12.3.